The zero-order valence-corrected chi connectivity index (χ0v) is 5.99. The van der Waals surface area contributed by atoms with Gasteiger partial charge in [-0.2, -0.15) is 0 Å². The van der Waals surface area contributed by atoms with Gasteiger partial charge in [-0.15, -0.1) is 6.58 Å². The van der Waals surface area contributed by atoms with Crippen LogP contribution in [-0.4, -0.2) is 24.0 Å². The second-order valence-electron chi connectivity index (χ2n) is 1.98. The maximum atomic E-state index is 8.22. The second kappa shape index (κ2) is 6.80. The van der Waals surface area contributed by atoms with Crippen molar-refractivity contribution in [1.82, 2.24) is 0 Å². The lowest BCUT2D eigenvalue weighted by Gasteiger charge is -1.99. The Balaban J connectivity index is 2.83. The minimum atomic E-state index is -1.62. The monoisotopic (exact) mass is 144 g/mol. The molecular formula is C6H13BO3. The summed E-state index contributed by atoms with van der Waals surface area (Å²) in [4.78, 5) is 0. The van der Waals surface area contributed by atoms with Gasteiger partial charge in [-0.05, 0) is 19.3 Å². The van der Waals surface area contributed by atoms with Gasteiger partial charge in [0, 0.05) is 6.61 Å². The van der Waals surface area contributed by atoms with Crippen molar-refractivity contribution in [3.8, 4) is 0 Å². The van der Waals surface area contributed by atoms with Crippen LogP contribution in [0.3, 0.4) is 0 Å². The van der Waals surface area contributed by atoms with Gasteiger partial charge >= 0.3 is 7.32 Å². The van der Waals surface area contributed by atoms with E-state index in [4.69, 9.17) is 10.0 Å². The largest absolute Gasteiger partial charge is 0.633 e. The van der Waals surface area contributed by atoms with E-state index in [2.05, 4.69) is 11.2 Å². The summed E-state index contributed by atoms with van der Waals surface area (Å²) < 4.78 is 4.47. The number of hydrogen-bond acceptors (Lipinski definition) is 3. The fourth-order valence-corrected chi connectivity index (χ4v) is 0.579. The Bertz CT molecular complexity index is 85.1. The molecular weight excluding hydrogens is 131 g/mol. The van der Waals surface area contributed by atoms with Crippen LogP contribution in [0.1, 0.15) is 19.3 Å². The molecule has 0 rings (SSSR count). The predicted octanol–water partition coefficient (Wildman–Crippen LogP) is 0.329. The summed E-state index contributed by atoms with van der Waals surface area (Å²) in [5.74, 6) is 0. The Morgan fingerprint density at radius 2 is 2.10 bits per heavy atom. The number of allylic oxidation sites excluding steroid dienone is 1. The third kappa shape index (κ3) is 7.68. The van der Waals surface area contributed by atoms with Crippen LogP contribution < -0.4 is 0 Å². The minimum Gasteiger partial charge on any atom is -0.402 e. The van der Waals surface area contributed by atoms with Gasteiger partial charge in [0.25, 0.3) is 0 Å². The summed E-state index contributed by atoms with van der Waals surface area (Å²) in [5, 5.41) is 16.4. The van der Waals surface area contributed by atoms with E-state index >= 15 is 0 Å². The first kappa shape index (κ1) is 9.68. The van der Waals surface area contributed by atoms with E-state index in [9.17, 15) is 0 Å². The first-order valence-electron chi connectivity index (χ1n) is 3.36. The van der Waals surface area contributed by atoms with E-state index in [0.717, 1.165) is 19.3 Å². The van der Waals surface area contributed by atoms with Gasteiger partial charge in [0.05, 0.1) is 0 Å². The van der Waals surface area contributed by atoms with Crippen LogP contribution in [0.5, 0.6) is 0 Å². The van der Waals surface area contributed by atoms with Crippen LogP contribution in [0.15, 0.2) is 12.7 Å². The van der Waals surface area contributed by atoms with Gasteiger partial charge in [-0.1, -0.05) is 6.08 Å². The van der Waals surface area contributed by atoms with E-state index in [-0.39, 0.29) is 0 Å². The van der Waals surface area contributed by atoms with Crippen molar-refractivity contribution in [3.63, 3.8) is 0 Å². The standard InChI is InChI=1S/C6H13BO3/c1-2-3-4-5-6-10-7(8)9/h2,8-9H,1,3-6H2. The molecule has 0 aliphatic heterocycles. The summed E-state index contributed by atoms with van der Waals surface area (Å²) in [6.45, 7) is 3.95. The topological polar surface area (TPSA) is 49.7 Å². The molecule has 0 bridgehead atoms. The third-order valence-corrected chi connectivity index (χ3v) is 1.07. The smallest absolute Gasteiger partial charge is 0.402 e. The quantitative estimate of drug-likeness (QED) is 0.320. The van der Waals surface area contributed by atoms with Crippen molar-refractivity contribution in [2.75, 3.05) is 6.61 Å². The van der Waals surface area contributed by atoms with Gasteiger partial charge < -0.3 is 14.7 Å². The van der Waals surface area contributed by atoms with Crippen molar-refractivity contribution in [2.24, 2.45) is 0 Å². The molecule has 10 heavy (non-hydrogen) atoms. The highest BCUT2D eigenvalue weighted by molar-refractivity contribution is 6.32. The van der Waals surface area contributed by atoms with Crippen LogP contribution in [0.4, 0.5) is 0 Å². The molecule has 4 heteroatoms. The average molecular weight is 144 g/mol. The fourth-order valence-electron chi connectivity index (χ4n) is 0.579. The predicted molar refractivity (Wildman–Crippen MR) is 40.2 cm³/mol. The van der Waals surface area contributed by atoms with Crippen molar-refractivity contribution in [1.29, 1.82) is 0 Å². The normalized spacial score (nSPS) is 9.40. The van der Waals surface area contributed by atoms with Gasteiger partial charge in [0.2, 0.25) is 0 Å². The maximum absolute atomic E-state index is 8.22. The molecule has 0 aromatic heterocycles. The zero-order chi connectivity index (χ0) is 7.82. The first-order chi connectivity index (χ1) is 4.77. The molecule has 2 N–H and O–H groups in total. The van der Waals surface area contributed by atoms with E-state index in [1.165, 1.54) is 0 Å². The summed E-state index contributed by atoms with van der Waals surface area (Å²) in [6, 6.07) is 0. The summed E-state index contributed by atoms with van der Waals surface area (Å²) >= 11 is 0. The zero-order valence-electron chi connectivity index (χ0n) is 5.99. The number of unbranched alkanes of at least 4 members (excludes halogenated alkanes) is 2. The minimum absolute atomic E-state index is 0.394. The average Bonchev–Trinajstić information content (AvgIpc) is 1.87. The lowest BCUT2D eigenvalue weighted by atomic mass is 10.2. The molecule has 0 aromatic rings. The highest BCUT2D eigenvalue weighted by Gasteiger charge is 2.05. The van der Waals surface area contributed by atoms with E-state index in [0.29, 0.717) is 6.61 Å². The Kier molecular flexibility index (Phi) is 6.59. The van der Waals surface area contributed by atoms with E-state index < -0.39 is 7.32 Å². The summed E-state index contributed by atoms with van der Waals surface area (Å²) in [5.41, 5.74) is 0. The van der Waals surface area contributed by atoms with E-state index in [1.807, 2.05) is 6.08 Å². The lowest BCUT2D eigenvalue weighted by molar-refractivity contribution is 0.182. The molecule has 0 radical (unpaired) electrons. The van der Waals surface area contributed by atoms with Gasteiger partial charge in [-0.3, -0.25) is 0 Å². The molecule has 58 valence electrons. The maximum Gasteiger partial charge on any atom is 0.633 e. The van der Waals surface area contributed by atoms with Crippen molar-refractivity contribution < 1.29 is 14.7 Å². The molecule has 0 fully saturated rings. The van der Waals surface area contributed by atoms with Gasteiger partial charge in [-0.25, -0.2) is 0 Å². The second-order valence-corrected chi connectivity index (χ2v) is 1.98. The Hall–Kier alpha value is -0.315. The first-order valence-corrected chi connectivity index (χ1v) is 3.36. The van der Waals surface area contributed by atoms with Crippen molar-refractivity contribution in [2.45, 2.75) is 19.3 Å². The van der Waals surface area contributed by atoms with E-state index in [1.54, 1.807) is 0 Å². The molecule has 0 saturated carbocycles. The Morgan fingerprint density at radius 1 is 1.40 bits per heavy atom. The van der Waals surface area contributed by atoms with Gasteiger partial charge in [0.1, 0.15) is 0 Å². The molecule has 0 unspecified atom stereocenters. The van der Waals surface area contributed by atoms with Crippen molar-refractivity contribution in [3.05, 3.63) is 12.7 Å². The third-order valence-electron chi connectivity index (χ3n) is 1.07. The van der Waals surface area contributed by atoms with Crippen LogP contribution in [-0.2, 0) is 4.65 Å². The molecule has 0 aromatic carbocycles. The Labute approximate surface area is 61.5 Å². The molecule has 0 atom stereocenters. The molecule has 0 saturated heterocycles. The number of rotatable bonds is 6. The van der Waals surface area contributed by atoms with Crippen molar-refractivity contribution >= 4 is 7.32 Å². The molecule has 3 nitrogen and oxygen atoms in total. The van der Waals surface area contributed by atoms with Gasteiger partial charge in [0.15, 0.2) is 0 Å². The SMILES string of the molecule is C=CCCCCOB(O)O. The summed E-state index contributed by atoms with van der Waals surface area (Å²) in [7, 11) is -1.62. The molecule has 0 aliphatic carbocycles. The Morgan fingerprint density at radius 3 is 2.60 bits per heavy atom. The molecule has 0 aliphatic rings. The van der Waals surface area contributed by atoms with Crippen LogP contribution in [0.25, 0.3) is 0 Å². The number of hydrogen-bond donors (Lipinski definition) is 2. The summed E-state index contributed by atoms with van der Waals surface area (Å²) in [6.07, 6.45) is 4.60. The highest BCUT2D eigenvalue weighted by Crippen LogP contribution is 1.95. The van der Waals surface area contributed by atoms with Crippen LogP contribution in [0.2, 0.25) is 0 Å². The van der Waals surface area contributed by atoms with Crippen LogP contribution >= 0.6 is 0 Å². The molecule has 0 amide bonds. The molecule has 0 spiro atoms. The lowest BCUT2D eigenvalue weighted by Crippen LogP contribution is -2.17. The highest BCUT2D eigenvalue weighted by atomic mass is 16.6. The fraction of sp³-hybridized carbons (Fsp3) is 0.667. The molecule has 0 heterocycles. The van der Waals surface area contributed by atoms with Crippen LogP contribution in [0, 0.1) is 0 Å².